The number of hydrogen-bond acceptors (Lipinski definition) is 5. The highest BCUT2D eigenvalue weighted by Gasteiger charge is 2.37. The Bertz CT molecular complexity index is 660. The number of amides is 1. The van der Waals surface area contributed by atoms with Gasteiger partial charge in [0.05, 0.1) is 12.6 Å². The number of carbonyl (C=O) groups is 2. The Hall–Kier alpha value is -2.61. The number of primary amides is 1. The van der Waals surface area contributed by atoms with E-state index in [-0.39, 0.29) is 19.2 Å². The van der Waals surface area contributed by atoms with Crippen LogP contribution in [-0.4, -0.2) is 30.2 Å². The highest BCUT2D eigenvalue weighted by molar-refractivity contribution is 7.80. The van der Waals surface area contributed by atoms with Gasteiger partial charge in [-0.2, -0.15) is 0 Å². The van der Waals surface area contributed by atoms with Gasteiger partial charge in [-0.3, -0.25) is 9.59 Å². The first-order valence-corrected chi connectivity index (χ1v) is 7.77. The summed E-state index contributed by atoms with van der Waals surface area (Å²) in [5.74, 6) is -1.05. The second-order valence-electron chi connectivity index (χ2n) is 5.16. The van der Waals surface area contributed by atoms with Crippen molar-refractivity contribution >= 4 is 29.2 Å². The predicted molar refractivity (Wildman–Crippen MR) is 92.0 cm³/mol. The van der Waals surface area contributed by atoms with Crippen LogP contribution in [0.3, 0.4) is 0 Å². The Kier molecular flexibility index (Phi) is 5.75. The van der Waals surface area contributed by atoms with Crippen LogP contribution in [0.15, 0.2) is 36.5 Å². The largest absolute Gasteiger partial charge is 0.484 e. The fraction of sp³-hybridized carbons (Fsp3) is 0.312. The minimum atomic E-state index is -0.617. The molecule has 0 aromatic heterocycles. The van der Waals surface area contributed by atoms with Gasteiger partial charge in [0.25, 0.3) is 5.91 Å². The SMILES string of the molecule is C=C1NC(=S)NC(c2ccc(OCC(N)=O)cc2)C1C(=O)OCC. The summed E-state index contributed by atoms with van der Waals surface area (Å²) in [7, 11) is 0. The van der Waals surface area contributed by atoms with E-state index < -0.39 is 17.9 Å². The van der Waals surface area contributed by atoms with E-state index in [4.69, 9.17) is 27.4 Å². The van der Waals surface area contributed by atoms with E-state index in [0.717, 1.165) is 5.56 Å². The lowest BCUT2D eigenvalue weighted by Gasteiger charge is -2.34. The molecule has 1 heterocycles. The summed E-state index contributed by atoms with van der Waals surface area (Å²) in [6, 6.07) is 6.53. The van der Waals surface area contributed by atoms with E-state index in [1.54, 1.807) is 31.2 Å². The highest BCUT2D eigenvalue weighted by Crippen LogP contribution is 2.31. The molecule has 2 rings (SSSR count). The molecule has 1 aliphatic heterocycles. The van der Waals surface area contributed by atoms with E-state index in [1.165, 1.54) is 0 Å². The summed E-state index contributed by atoms with van der Waals surface area (Å²) in [4.78, 5) is 23.0. The van der Waals surface area contributed by atoms with Crippen molar-refractivity contribution < 1.29 is 19.1 Å². The standard InChI is InChI=1S/C16H19N3O4S/c1-3-22-15(21)13-9(2)18-16(24)19-14(13)10-4-6-11(7-5-10)23-8-12(17)20/h4-7,13-14H,2-3,8H2,1H3,(H2,17,20)(H2,18,19,24). The van der Waals surface area contributed by atoms with Crippen molar-refractivity contribution in [2.45, 2.75) is 13.0 Å². The summed E-state index contributed by atoms with van der Waals surface area (Å²) < 4.78 is 10.4. The minimum Gasteiger partial charge on any atom is -0.484 e. The van der Waals surface area contributed by atoms with Crippen molar-refractivity contribution in [2.75, 3.05) is 13.2 Å². The van der Waals surface area contributed by atoms with Crippen LogP contribution in [0.4, 0.5) is 0 Å². The number of benzene rings is 1. The maximum Gasteiger partial charge on any atom is 0.317 e. The van der Waals surface area contributed by atoms with Crippen molar-refractivity contribution in [2.24, 2.45) is 11.7 Å². The van der Waals surface area contributed by atoms with Crippen molar-refractivity contribution in [1.82, 2.24) is 10.6 Å². The summed E-state index contributed by atoms with van der Waals surface area (Å²) in [5.41, 5.74) is 6.33. The molecule has 1 saturated heterocycles. The number of thiocarbonyl (C=S) groups is 1. The molecule has 0 aliphatic carbocycles. The van der Waals surface area contributed by atoms with Gasteiger partial charge in [-0.15, -0.1) is 0 Å². The number of carbonyl (C=O) groups excluding carboxylic acids is 2. The van der Waals surface area contributed by atoms with E-state index in [1.807, 2.05) is 0 Å². The maximum absolute atomic E-state index is 12.3. The fourth-order valence-electron chi connectivity index (χ4n) is 2.40. The molecular weight excluding hydrogens is 330 g/mol. The first kappa shape index (κ1) is 17.7. The summed E-state index contributed by atoms with van der Waals surface area (Å²) >= 11 is 5.15. The first-order chi connectivity index (χ1) is 11.4. The Morgan fingerprint density at radius 1 is 1.33 bits per heavy atom. The van der Waals surface area contributed by atoms with Crippen LogP contribution >= 0.6 is 12.2 Å². The molecule has 7 nitrogen and oxygen atoms in total. The second-order valence-corrected chi connectivity index (χ2v) is 5.56. The molecule has 2 unspecified atom stereocenters. The Morgan fingerprint density at radius 2 is 2.00 bits per heavy atom. The van der Waals surface area contributed by atoms with Crippen LogP contribution in [0.1, 0.15) is 18.5 Å². The van der Waals surface area contributed by atoms with Gasteiger partial charge in [0.2, 0.25) is 0 Å². The van der Waals surface area contributed by atoms with Crippen LogP contribution in [0.2, 0.25) is 0 Å². The molecule has 1 aromatic rings. The molecule has 0 bridgehead atoms. The lowest BCUT2D eigenvalue weighted by atomic mass is 9.89. The maximum atomic E-state index is 12.3. The van der Waals surface area contributed by atoms with Gasteiger partial charge >= 0.3 is 5.97 Å². The zero-order valence-electron chi connectivity index (χ0n) is 13.2. The van der Waals surface area contributed by atoms with E-state index in [9.17, 15) is 9.59 Å². The number of ether oxygens (including phenoxy) is 2. The second kappa shape index (κ2) is 7.78. The van der Waals surface area contributed by atoms with Gasteiger partial charge in [0, 0.05) is 5.70 Å². The highest BCUT2D eigenvalue weighted by atomic mass is 32.1. The predicted octanol–water partition coefficient (Wildman–Crippen LogP) is 0.762. The van der Waals surface area contributed by atoms with Gasteiger partial charge in [-0.25, -0.2) is 0 Å². The minimum absolute atomic E-state index is 0.197. The fourth-order valence-corrected chi connectivity index (χ4v) is 2.66. The quantitative estimate of drug-likeness (QED) is 0.515. The van der Waals surface area contributed by atoms with Crippen molar-refractivity contribution in [3.05, 3.63) is 42.1 Å². The molecule has 2 atom stereocenters. The molecule has 8 heteroatoms. The van der Waals surface area contributed by atoms with Crippen LogP contribution in [-0.2, 0) is 14.3 Å². The molecule has 24 heavy (non-hydrogen) atoms. The van der Waals surface area contributed by atoms with Gasteiger partial charge in [-0.1, -0.05) is 18.7 Å². The van der Waals surface area contributed by atoms with Crippen LogP contribution in [0, 0.1) is 5.92 Å². The van der Waals surface area contributed by atoms with Crippen LogP contribution < -0.4 is 21.1 Å². The third kappa shape index (κ3) is 4.23. The molecular formula is C16H19N3O4S. The lowest BCUT2D eigenvalue weighted by molar-refractivity contribution is -0.147. The average Bonchev–Trinajstić information content (AvgIpc) is 2.52. The number of nitrogens with two attached hydrogens (primary N) is 1. The van der Waals surface area contributed by atoms with E-state index in [2.05, 4.69) is 17.2 Å². The Balaban J connectivity index is 2.21. The average molecular weight is 349 g/mol. The topological polar surface area (TPSA) is 103 Å². The molecule has 1 aromatic carbocycles. The zero-order chi connectivity index (χ0) is 17.7. The Morgan fingerprint density at radius 3 is 2.58 bits per heavy atom. The molecule has 1 aliphatic rings. The van der Waals surface area contributed by atoms with Crippen molar-refractivity contribution in [3.63, 3.8) is 0 Å². The number of nitrogens with one attached hydrogen (secondary N) is 2. The van der Waals surface area contributed by atoms with E-state index >= 15 is 0 Å². The van der Waals surface area contributed by atoms with Gasteiger partial charge in [0.1, 0.15) is 11.7 Å². The third-order valence-corrected chi connectivity index (χ3v) is 3.65. The summed E-state index contributed by atoms with van der Waals surface area (Å²) in [5, 5.41) is 6.32. The van der Waals surface area contributed by atoms with Crippen molar-refractivity contribution in [3.8, 4) is 5.75 Å². The van der Waals surface area contributed by atoms with Gasteiger partial charge in [-0.05, 0) is 36.8 Å². The van der Waals surface area contributed by atoms with Gasteiger partial charge in [0.15, 0.2) is 11.7 Å². The normalized spacial score (nSPS) is 19.9. The Labute approximate surface area is 145 Å². The molecule has 4 N–H and O–H groups in total. The van der Waals surface area contributed by atoms with Crippen molar-refractivity contribution in [1.29, 1.82) is 0 Å². The summed E-state index contributed by atoms with van der Waals surface area (Å²) in [6.45, 7) is 5.70. The smallest absolute Gasteiger partial charge is 0.317 e. The van der Waals surface area contributed by atoms with E-state index in [0.29, 0.717) is 16.6 Å². The lowest BCUT2D eigenvalue weighted by Crippen LogP contribution is -2.50. The number of esters is 1. The molecule has 1 amide bonds. The number of hydrogen-bond donors (Lipinski definition) is 3. The van der Waals surface area contributed by atoms with Gasteiger partial charge < -0.3 is 25.8 Å². The molecule has 1 fully saturated rings. The summed E-state index contributed by atoms with van der Waals surface area (Å²) in [6.07, 6.45) is 0. The third-order valence-electron chi connectivity index (χ3n) is 3.43. The number of rotatable bonds is 6. The monoisotopic (exact) mass is 349 g/mol. The molecule has 0 saturated carbocycles. The molecule has 0 radical (unpaired) electrons. The first-order valence-electron chi connectivity index (χ1n) is 7.36. The van der Waals surface area contributed by atoms with Crippen LogP contribution in [0.5, 0.6) is 5.75 Å². The molecule has 128 valence electrons. The zero-order valence-corrected chi connectivity index (χ0v) is 14.0. The molecule has 0 spiro atoms. The van der Waals surface area contributed by atoms with Crippen LogP contribution in [0.25, 0.3) is 0 Å².